The number of aromatic nitrogens is 2. The quantitative estimate of drug-likeness (QED) is 0.796. The summed E-state index contributed by atoms with van der Waals surface area (Å²) in [7, 11) is 1.73. The number of anilines is 1. The summed E-state index contributed by atoms with van der Waals surface area (Å²) in [5.74, 6) is -0.435. The normalized spacial score (nSPS) is 17.1. The number of hydrogen-bond acceptors (Lipinski definition) is 5. The summed E-state index contributed by atoms with van der Waals surface area (Å²) in [6.45, 7) is 1.60. The molecule has 110 valence electrons. The molecule has 1 fully saturated rings. The lowest BCUT2D eigenvalue weighted by molar-refractivity contribution is 0.0690. The number of carbonyl (C=O) groups is 1. The molecule has 1 saturated carbocycles. The first-order chi connectivity index (χ1) is 9.65. The van der Waals surface area contributed by atoms with E-state index in [9.17, 15) is 4.79 Å². The fourth-order valence-corrected chi connectivity index (χ4v) is 2.77. The summed E-state index contributed by atoms with van der Waals surface area (Å²) in [6.07, 6.45) is 8.71. The zero-order valence-electron chi connectivity index (χ0n) is 11.8. The second-order valence-electron chi connectivity index (χ2n) is 5.40. The molecule has 0 bridgehead atoms. The molecule has 6 heteroatoms. The lowest BCUT2D eigenvalue weighted by atomic mass is 9.83. The Balaban J connectivity index is 1.93. The smallest absolute Gasteiger partial charge is 0.356 e. The van der Waals surface area contributed by atoms with E-state index in [4.69, 9.17) is 9.84 Å². The minimum atomic E-state index is -1.06. The lowest BCUT2D eigenvalue weighted by Crippen LogP contribution is -2.28. The summed E-state index contributed by atoms with van der Waals surface area (Å²) in [6, 6.07) is 0. The van der Waals surface area contributed by atoms with E-state index in [0.717, 1.165) is 19.6 Å². The zero-order valence-corrected chi connectivity index (χ0v) is 11.8. The number of hydrogen-bond donors (Lipinski definition) is 2. The fraction of sp³-hybridized carbons (Fsp3) is 0.643. The second kappa shape index (κ2) is 6.65. The monoisotopic (exact) mass is 279 g/mol. The molecule has 2 N–H and O–H groups in total. The molecule has 0 aliphatic heterocycles. The van der Waals surface area contributed by atoms with Gasteiger partial charge in [-0.1, -0.05) is 12.8 Å². The third-order valence-corrected chi connectivity index (χ3v) is 4.02. The average Bonchev–Trinajstić information content (AvgIpc) is 2.93. The van der Waals surface area contributed by atoms with Crippen molar-refractivity contribution in [2.75, 3.05) is 25.6 Å². The van der Waals surface area contributed by atoms with Gasteiger partial charge in [0.1, 0.15) is 5.82 Å². The molecule has 2 rings (SSSR count). The van der Waals surface area contributed by atoms with Crippen LogP contribution < -0.4 is 5.32 Å². The Labute approximate surface area is 118 Å². The average molecular weight is 279 g/mol. The van der Waals surface area contributed by atoms with Crippen LogP contribution in [-0.2, 0) is 4.74 Å². The van der Waals surface area contributed by atoms with Gasteiger partial charge in [-0.15, -0.1) is 0 Å². The van der Waals surface area contributed by atoms with Gasteiger partial charge in [-0.05, 0) is 24.7 Å². The third-order valence-electron chi connectivity index (χ3n) is 4.02. The highest BCUT2D eigenvalue weighted by Crippen LogP contribution is 2.41. The number of nitrogens with zero attached hydrogens (tertiary/aromatic N) is 2. The molecule has 20 heavy (non-hydrogen) atoms. The van der Waals surface area contributed by atoms with Crippen molar-refractivity contribution in [3.05, 3.63) is 18.1 Å². The van der Waals surface area contributed by atoms with Gasteiger partial charge in [0.2, 0.25) is 0 Å². The van der Waals surface area contributed by atoms with Crippen molar-refractivity contribution < 1.29 is 14.6 Å². The Morgan fingerprint density at radius 3 is 2.70 bits per heavy atom. The zero-order chi connectivity index (χ0) is 14.4. The van der Waals surface area contributed by atoms with Crippen molar-refractivity contribution in [1.29, 1.82) is 0 Å². The molecule has 1 aromatic rings. The number of carboxylic acid groups (broad SMARTS) is 1. The van der Waals surface area contributed by atoms with Crippen LogP contribution in [0.4, 0.5) is 5.82 Å². The highest BCUT2D eigenvalue weighted by molar-refractivity contribution is 5.84. The van der Waals surface area contributed by atoms with E-state index in [1.165, 1.54) is 38.1 Å². The van der Waals surface area contributed by atoms with Crippen molar-refractivity contribution in [3.8, 4) is 0 Å². The summed E-state index contributed by atoms with van der Waals surface area (Å²) in [5.41, 5.74) is 0.230. The first-order valence-electron chi connectivity index (χ1n) is 6.93. The Morgan fingerprint density at radius 2 is 2.15 bits per heavy atom. The van der Waals surface area contributed by atoms with Crippen LogP contribution in [0.15, 0.2) is 12.4 Å². The summed E-state index contributed by atoms with van der Waals surface area (Å²) >= 11 is 0. The van der Waals surface area contributed by atoms with Crippen LogP contribution in [0.5, 0.6) is 0 Å². The van der Waals surface area contributed by atoms with Crippen LogP contribution in [0, 0.1) is 5.41 Å². The maximum absolute atomic E-state index is 10.7. The van der Waals surface area contributed by atoms with E-state index in [-0.39, 0.29) is 11.1 Å². The van der Waals surface area contributed by atoms with Crippen LogP contribution in [0.3, 0.4) is 0 Å². The van der Waals surface area contributed by atoms with E-state index < -0.39 is 5.97 Å². The molecule has 0 radical (unpaired) electrons. The van der Waals surface area contributed by atoms with Gasteiger partial charge in [-0.2, -0.15) is 0 Å². The van der Waals surface area contributed by atoms with Crippen LogP contribution in [0.2, 0.25) is 0 Å². The van der Waals surface area contributed by atoms with Crippen molar-refractivity contribution >= 4 is 11.8 Å². The topological polar surface area (TPSA) is 84.3 Å². The van der Waals surface area contributed by atoms with Gasteiger partial charge in [-0.25, -0.2) is 14.8 Å². The Bertz CT molecular complexity index is 441. The third kappa shape index (κ3) is 3.66. The van der Waals surface area contributed by atoms with E-state index in [1.807, 2.05) is 0 Å². The molecule has 0 aromatic carbocycles. The molecule has 1 aliphatic carbocycles. The number of nitrogens with one attached hydrogen (secondary N) is 1. The molecule has 0 amide bonds. The van der Waals surface area contributed by atoms with Crippen molar-refractivity contribution in [2.45, 2.75) is 32.1 Å². The maximum atomic E-state index is 10.7. The van der Waals surface area contributed by atoms with Crippen molar-refractivity contribution in [3.63, 3.8) is 0 Å². The van der Waals surface area contributed by atoms with Crippen LogP contribution in [0.1, 0.15) is 42.6 Å². The summed E-state index contributed by atoms with van der Waals surface area (Å²) < 4.78 is 5.20. The highest BCUT2D eigenvalue weighted by Gasteiger charge is 2.33. The maximum Gasteiger partial charge on any atom is 0.356 e. The van der Waals surface area contributed by atoms with Gasteiger partial charge < -0.3 is 15.2 Å². The molecule has 0 saturated heterocycles. The molecule has 0 spiro atoms. The van der Waals surface area contributed by atoms with Gasteiger partial charge in [0.25, 0.3) is 0 Å². The predicted octanol–water partition coefficient (Wildman–Crippen LogP) is 2.18. The first-order valence-corrected chi connectivity index (χ1v) is 6.93. The molecule has 0 unspecified atom stereocenters. The van der Waals surface area contributed by atoms with Crippen molar-refractivity contribution in [2.24, 2.45) is 5.41 Å². The van der Waals surface area contributed by atoms with Gasteiger partial charge in [-0.3, -0.25) is 0 Å². The van der Waals surface area contributed by atoms with Gasteiger partial charge in [0, 0.05) is 20.3 Å². The van der Waals surface area contributed by atoms with E-state index >= 15 is 0 Å². The molecule has 1 aliphatic rings. The second-order valence-corrected chi connectivity index (χ2v) is 5.40. The molecular formula is C14H21N3O3. The number of ether oxygens (including phenoxy) is 1. The minimum absolute atomic E-state index is 0.0366. The fourth-order valence-electron chi connectivity index (χ4n) is 2.77. The van der Waals surface area contributed by atoms with Crippen LogP contribution >= 0.6 is 0 Å². The largest absolute Gasteiger partial charge is 0.476 e. The van der Waals surface area contributed by atoms with Gasteiger partial charge in [0.05, 0.1) is 12.4 Å². The summed E-state index contributed by atoms with van der Waals surface area (Å²) in [4.78, 5) is 18.7. The molecule has 1 aromatic heterocycles. The number of carboxylic acids is 1. The van der Waals surface area contributed by atoms with Crippen molar-refractivity contribution in [1.82, 2.24) is 9.97 Å². The summed E-state index contributed by atoms with van der Waals surface area (Å²) in [5, 5.41) is 12.1. The minimum Gasteiger partial charge on any atom is -0.476 e. The Hall–Kier alpha value is -1.69. The standard InChI is InChI=1S/C14H21N3O3/c1-20-7-6-14(4-2-3-5-14)10-17-12-9-15-11(8-16-12)13(18)19/h8-9H,2-7,10H2,1H3,(H,16,17)(H,18,19). The Kier molecular flexibility index (Phi) is 4.89. The number of aromatic carboxylic acids is 1. The van der Waals surface area contributed by atoms with E-state index in [1.54, 1.807) is 7.11 Å². The van der Waals surface area contributed by atoms with Crippen LogP contribution in [-0.4, -0.2) is 41.3 Å². The predicted molar refractivity (Wildman–Crippen MR) is 74.9 cm³/mol. The number of methoxy groups -OCH3 is 1. The molecule has 0 atom stereocenters. The molecule has 1 heterocycles. The first kappa shape index (κ1) is 14.7. The molecular weight excluding hydrogens is 258 g/mol. The van der Waals surface area contributed by atoms with Crippen LogP contribution in [0.25, 0.3) is 0 Å². The number of rotatable bonds is 7. The van der Waals surface area contributed by atoms with Gasteiger partial charge >= 0.3 is 5.97 Å². The SMILES string of the molecule is COCCC1(CNc2cnc(C(=O)O)cn2)CCCC1. The van der Waals surface area contributed by atoms with E-state index in [2.05, 4.69) is 15.3 Å². The molecule has 6 nitrogen and oxygen atoms in total. The van der Waals surface area contributed by atoms with Gasteiger partial charge in [0.15, 0.2) is 5.69 Å². The Morgan fingerprint density at radius 1 is 1.40 bits per heavy atom. The van der Waals surface area contributed by atoms with E-state index in [0.29, 0.717) is 5.82 Å². The highest BCUT2D eigenvalue weighted by atomic mass is 16.5. The lowest BCUT2D eigenvalue weighted by Gasteiger charge is -2.29.